The van der Waals surface area contributed by atoms with Gasteiger partial charge in [-0.15, -0.1) is 11.8 Å². The Morgan fingerprint density at radius 2 is 1.44 bits per heavy atom. The second-order valence-corrected chi connectivity index (χ2v) is 19.9. The number of alkyl halides is 1. The molecule has 1 aliphatic rings. The number of anilines is 1. The van der Waals surface area contributed by atoms with Gasteiger partial charge in [0, 0.05) is 6.20 Å². The first-order valence-corrected chi connectivity index (χ1v) is 21.9. The number of imide groups is 1. The minimum atomic E-state index is -4.58. The first kappa shape index (κ1) is 49.5. The van der Waals surface area contributed by atoms with E-state index in [1.54, 1.807) is 92.6 Å². The largest absolute Gasteiger partial charge is 0.509 e. The van der Waals surface area contributed by atoms with Crippen molar-refractivity contribution in [1.82, 2.24) is 14.6 Å². The number of esters is 1. The second kappa shape index (κ2) is 20.3. The summed E-state index contributed by atoms with van der Waals surface area (Å²) in [5.41, 5.74) is -3.56. The summed E-state index contributed by atoms with van der Waals surface area (Å²) in [6.07, 6.45) is -6.37. The molecule has 6 atom stereocenters. The molecule has 2 heterocycles. The van der Waals surface area contributed by atoms with Crippen LogP contribution in [0.3, 0.4) is 0 Å². The number of rotatable bonds is 14. The summed E-state index contributed by atoms with van der Waals surface area (Å²) in [5.74, 6) is -0.774. The van der Waals surface area contributed by atoms with Crippen LogP contribution in [-0.2, 0) is 44.2 Å². The molecule has 0 aliphatic carbocycles. The molecular weight excluding hydrogens is 855 g/mol. The van der Waals surface area contributed by atoms with Crippen molar-refractivity contribution in [2.75, 3.05) is 18.6 Å². The molecule has 0 spiro atoms. The van der Waals surface area contributed by atoms with Crippen LogP contribution in [0.5, 0.6) is 11.5 Å². The molecule has 2 amide bonds. The Hall–Kier alpha value is -5.17. The highest BCUT2D eigenvalue weighted by molar-refractivity contribution is 8.00. The molecule has 3 aromatic rings. The van der Waals surface area contributed by atoms with Gasteiger partial charge in [0.1, 0.15) is 46.3 Å². The number of carbonyl (C=O) groups is 4. The topological polar surface area (TPSA) is 209 Å². The minimum Gasteiger partial charge on any atom is -0.497 e. The quantitative estimate of drug-likeness (QED) is 0.0919. The van der Waals surface area contributed by atoms with E-state index >= 15 is 4.39 Å². The highest BCUT2D eigenvalue weighted by Gasteiger charge is 2.50. The number of ether oxygens (including phenoxy) is 6. The number of nitrogens with zero attached hydrogens (tertiary/aromatic N) is 3. The van der Waals surface area contributed by atoms with Crippen LogP contribution in [0, 0.1) is 0 Å². The third-order valence-electron chi connectivity index (χ3n) is 7.98. The lowest BCUT2D eigenvalue weighted by Gasteiger charge is -2.28. The Morgan fingerprint density at radius 3 is 1.97 bits per heavy atom. The normalized spacial score (nSPS) is 19.3. The van der Waals surface area contributed by atoms with E-state index in [1.165, 1.54) is 38.3 Å². The molecule has 1 saturated heterocycles. The highest BCUT2D eigenvalue weighted by atomic mass is 32.2. The van der Waals surface area contributed by atoms with Crippen molar-refractivity contribution in [2.45, 2.75) is 122 Å². The maximum atomic E-state index is 16.7. The Bertz CT molecular complexity index is 2110. The summed E-state index contributed by atoms with van der Waals surface area (Å²) in [5, 5.41) is -0.106. The van der Waals surface area contributed by atoms with Crippen LogP contribution in [0.2, 0.25) is 0 Å². The second-order valence-electron chi connectivity index (χ2n) is 16.8. The summed E-state index contributed by atoms with van der Waals surface area (Å²) in [6.45, 7) is 14.8. The maximum absolute atomic E-state index is 16.7. The standard InChI is InChI=1S/C41H54FN4O14PS/c1-25(34(47)54-23-26-15-13-12-14-16-26)44-61(52,60-28-19-17-27(53-11)18-20-28)55-24-29-32(56-38(51)59-41(8,9)10)31(42)33(62-29)45-22-21-30(43-35(45)48)46(36(49)57-39(2,3)4)37(50)58-40(5,6)7/h12-22,25,29,31-33H,23-24H2,1-11H3,(H,44,52)/t25-,29+,31-,32+,33+,61?/m0/s1. The van der Waals surface area contributed by atoms with Crippen LogP contribution in [0.1, 0.15) is 80.2 Å². The third-order valence-corrected chi connectivity index (χ3v) is 11.1. The van der Waals surface area contributed by atoms with Crippen LogP contribution in [0.15, 0.2) is 71.7 Å². The van der Waals surface area contributed by atoms with Gasteiger partial charge in [-0.1, -0.05) is 30.3 Å². The molecule has 62 heavy (non-hydrogen) atoms. The van der Waals surface area contributed by atoms with E-state index in [-0.39, 0.29) is 12.4 Å². The van der Waals surface area contributed by atoms with Gasteiger partial charge >= 0.3 is 37.7 Å². The number of aromatic nitrogens is 2. The zero-order valence-electron chi connectivity index (χ0n) is 36.4. The van der Waals surface area contributed by atoms with Gasteiger partial charge in [-0.2, -0.15) is 15.0 Å². The molecule has 2 aromatic carbocycles. The lowest BCUT2D eigenvalue weighted by molar-refractivity contribution is -0.146. The number of benzene rings is 2. The van der Waals surface area contributed by atoms with Crippen LogP contribution < -0.4 is 24.9 Å². The number of hydrogen-bond donors (Lipinski definition) is 1. The maximum Gasteiger partial charge on any atom is 0.509 e. The first-order valence-electron chi connectivity index (χ1n) is 19.4. The molecular formula is C41H54FN4O14PS. The lowest BCUT2D eigenvalue weighted by Crippen LogP contribution is -2.45. The molecule has 1 N–H and O–H groups in total. The Morgan fingerprint density at radius 1 is 0.871 bits per heavy atom. The van der Waals surface area contributed by atoms with E-state index in [4.69, 9.17) is 37.5 Å². The van der Waals surface area contributed by atoms with Crippen molar-refractivity contribution in [3.63, 3.8) is 0 Å². The van der Waals surface area contributed by atoms with E-state index in [0.717, 1.165) is 28.6 Å². The average molecular weight is 909 g/mol. The summed E-state index contributed by atoms with van der Waals surface area (Å²) in [7, 11) is -3.12. The predicted molar refractivity (Wildman–Crippen MR) is 226 cm³/mol. The van der Waals surface area contributed by atoms with Crippen molar-refractivity contribution in [2.24, 2.45) is 0 Å². The number of halogens is 1. The predicted octanol–water partition coefficient (Wildman–Crippen LogP) is 8.13. The van der Waals surface area contributed by atoms with E-state index in [0.29, 0.717) is 16.2 Å². The minimum absolute atomic E-state index is 0.0397. The molecule has 1 fully saturated rings. The van der Waals surface area contributed by atoms with Gasteiger partial charge in [0.2, 0.25) is 0 Å². The first-order chi connectivity index (χ1) is 28.8. The van der Waals surface area contributed by atoms with Gasteiger partial charge in [-0.05, 0) is 105 Å². The van der Waals surface area contributed by atoms with E-state index in [9.17, 15) is 28.5 Å². The Labute approximate surface area is 363 Å². The van der Waals surface area contributed by atoms with Crippen molar-refractivity contribution in [3.05, 3.63) is 82.9 Å². The molecule has 21 heteroatoms. The van der Waals surface area contributed by atoms with Gasteiger partial charge in [0.15, 0.2) is 18.1 Å². The summed E-state index contributed by atoms with van der Waals surface area (Å²) >= 11 is 0.760. The third kappa shape index (κ3) is 14.7. The highest BCUT2D eigenvalue weighted by Crippen LogP contribution is 2.50. The molecule has 0 bridgehead atoms. The van der Waals surface area contributed by atoms with Crippen molar-refractivity contribution in [1.29, 1.82) is 0 Å². The van der Waals surface area contributed by atoms with Gasteiger partial charge in [0.25, 0.3) is 0 Å². The molecule has 340 valence electrons. The van der Waals surface area contributed by atoms with Crippen LogP contribution in [0.25, 0.3) is 0 Å². The molecule has 0 saturated carbocycles. The fourth-order valence-electron chi connectivity index (χ4n) is 5.36. The summed E-state index contributed by atoms with van der Waals surface area (Å²) < 4.78 is 75.8. The molecule has 0 radical (unpaired) electrons. The van der Waals surface area contributed by atoms with Gasteiger partial charge in [0.05, 0.1) is 19.0 Å². The smallest absolute Gasteiger partial charge is 0.497 e. The number of carbonyl (C=O) groups excluding carboxylic acids is 4. The van der Waals surface area contributed by atoms with Gasteiger partial charge in [-0.3, -0.25) is 13.9 Å². The number of amides is 2. The van der Waals surface area contributed by atoms with Crippen LogP contribution >= 0.6 is 19.5 Å². The lowest BCUT2D eigenvalue weighted by atomic mass is 10.1. The number of hydrogen-bond acceptors (Lipinski definition) is 16. The average Bonchev–Trinajstić information content (AvgIpc) is 3.45. The van der Waals surface area contributed by atoms with E-state index in [2.05, 4.69) is 10.1 Å². The zero-order valence-corrected chi connectivity index (χ0v) is 38.2. The zero-order chi connectivity index (χ0) is 46.2. The fourth-order valence-corrected chi connectivity index (χ4v) is 8.44. The van der Waals surface area contributed by atoms with Crippen molar-refractivity contribution < 1.29 is 65.6 Å². The van der Waals surface area contributed by atoms with E-state index in [1.807, 2.05) is 0 Å². The van der Waals surface area contributed by atoms with Gasteiger partial charge < -0.3 is 32.9 Å². The van der Waals surface area contributed by atoms with Crippen LogP contribution in [-0.4, -0.2) is 87.9 Å². The Balaban J connectivity index is 1.65. The monoisotopic (exact) mass is 908 g/mol. The van der Waals surface area contributed by atoms with Crippen molar-refractivity contribution in [3.8, 4) is 11.5 Å². The van der Waals surface area contributed by atoms with Gasteiger partial charge in [-0.25, -0.2) is 28.1 Å². The van der Waals surface area contributed by atoms with Crippen LogP contribution in [0.4, 0.5) is 24.6 Å². The molecule has 1 aromatic heterocycles. The van der Waals surface area contributed by atoms with Crippen molar-refractivity contribution >= 4 is 49.6 Å². The molecule has 1 unspecified atom stereocenters. The summed E-state index contributed by atoms with van der Waals surface area (Å²) in [6, 6.07) is 14.7. The number of nitrogens with one attached hydrogen (secondary N) is 1. The van der Waals surface area contributed by atoms with E-state index < -0.39 is 95.9 Å². The molecule has 18 nitrogen and oxygen atoms in total. The summed E-state index contributed by atoms with van der Waals surface area (Å²) in [4.78, 5) is 70.5. The molecule has 1 aliphatic heterocycles. The number of thioether (sulfide) groups is 1. The Kier molecular flexibility index (Phi) is 16.2. The number of methoxy groups -OCH3 is 1. The molecule has 4 rings (SSSR count). The fraction of sp³-hybridized carbons (Fsp3) is 0.512. The SMILES string of the molecule is COc1ccc(OP(=O)(N[C@@H](C)C(=O)OCc2ccccc2)OC[C@H]2S[C@@H](n3ccc(N(C(=O)OC(C)(C)C)C(=O)OC(C)(C)C)nc3=O)[C@@H](F)[C@@H]2OC(=O)OC(C)(C)C)cc1.